The zero-order valence-electron chi connectivity index (χ0n) is 27.9. The third kappa shape index (κ3) is 9.59. The smallest absolute Gasteiger partial charge is 0.109 e. The van der Waals surface area contributed by atoms with Crippen LogP contribution in [0.3, 0.4) is 0 Å². The van der Waals surface area contributed by atoms with Gasteiger partial charge in [0.15, 0.2) is 0 Å². The van der Waals surface area contributed by atoms with E-state index in [4.69, 9.17) is 0 Å². The van der Waals surface area contributed by atoms with Gasteiger partial charge in [-0.05, 0) is 10.8 Å². The SMILES string of the molecule is CC(C)(C)c1ccc2c(c1)[cH-]c1cc(C(C)(C)C)ccc12.FC(F)(F)c1ccc([C](=[Zr+2])c2ccc(C(F)(F)F)cc2)cc1.[C-]1=CC=CC1. The van der Waals surface area contributed by atoms with Crippen molar-refractivity contribution < 1.29 is 50.6 Å². The summed E-state index contributed by atoms with van der Waals surface area (Å²) in [6.07, 6.45) is 1.18. The number of alkyl halides is 6. The fourth-order valence-electron chi connectivity index (χ4n) is 5.11. The average molecular weight is 736 g/mol. The third-order valence-electron chi connectivity index (χ3n) is 8.02. The van der Waals surface area contributed by atoms with Crippen LogP contribution in [0.4, 0.5) is 26.3 Å². The van der Waals surface area contributed by atoms with E-state index in [0.29, 0.717) is 14.3 Å². The Morgan fingerprint density at radius 3 is 1.23 bits per heavy atom. The molecule has 0 saturated carbocycles. The first-order chi connectivity index (χ1) is 22.2. The van der Waals surface area contributed by atoms with Crippen molar-refractivity contribution >= 4 is 24.8 Å². The molecule has 0 N–H and O–H groups in total. The van der Waals surface area contributed by atoms with Crippen LogP contribution in [-0.2, 0) is 47.4 Å². The zero-order valence-corrected chi connectivity index (χ0v) is 30.3. The molecule has 0 bridgehead atoms. The van der Waals surface area contributed by atoms with Gasteiger partial charge in [-0.1, -0.05) is 76.9 Å². The normalized spacial score (nSPS) is 13.3. The second-order valence-corrected chi connectivity index (χ2v) is 15.0. The van der Waals surface area contributed by atoms with Crippen LogP contribution in [0.25, 0.3) is 21.5 Å². The average Bonchev–Trinajstić information content (AvgIpc) is 3.71. The van der Waals surface area contributed by atoms with Crippen molar-refractivity contribution in [2.75, 3.05) is 0 Å². The van der Waals surface area contributed by atoms with Crippen LogP contribution in [0, 0.1) is 6.08 Å². The summed E-state index contributed by atoms with van der Waals surface area (Å²) in [6, 6.07) is 25.3. The molecule has 0 saturated heterocycles. The van der Waals surface area contributed by atoms with Gasteiger partial charge < -0.3 is 0 Å². The van der Waals surface area contributed by atoms with Crippen molar-refractivity contribution in [3.8, 4) is 0 Å². The maximum atomic E-state index is 12.5. The van der Waals surface area contributed by atoms with E-state index in [0.717, 1.165) is 54.9 Å². The fraction of sp³-hybridized carbons (Fsp3) is 0.268. The third-order valence-corrected chi connectivity index (χ3v) is 9.44. The minimum atomic E-state index is -4.41. The maximum absolute atomic E-state index is 12.5. The van der Waals surface area contributed by atoms with Crippen molar-refractivity contribution in [1.82, 2.24) is 0 Å². The maximum Gasteiger partial charge on any atom is -0.109 e. The fourth-order valence-corrected chi connectivity index (χ4v) is 5.93. The number of hydrogen-bond acceptors (Lipinski definition) is 0. The topological polar surface area (TPSA) is 0 Å². The minimum Gasteiger partial charge on any atom is -0.273 e. The summed E-state index contributed by atoms with van der Waals surface area (Å²) in [4.78, 5) is 0. The van der Waals surface area contributed by atoms with Gasteiger partial charge >= 0.3 is 137 Å². The van der Waals surface area contributed by atoms with Crippen LogP contribution in [-0.4, -0.2) is 3.21 Å². The molecule has 0 heterocycles. The van der Waals surface area contributed by atoms with Gasteiger partial charge in [-0.3, -0.25) is 6.08 Å². The van der Waals surface area contributed by atoms with E-state index in [-0.39, 0.29) is 10.8 Å². The second kappa shape index (κ2) is 14.6. The van der Waals surface area contributed by atoms with Gasteiger partial charge in [0, 0.05) is 0 Å². The molecule has 5 aromatic carbocycles. The number of fused-ring (bicyclic) bond motifs is 3. The summed E-state index contributed by atoms with van der Waals surface area (Å²) in [7, 11) is 0. The molecule has 0 atom stereocenters. The molecule has 0 spiro atoms. The monoisotopic (exact) mass is 734 g/mol. The first-order valence-corrected chi connectivity index (χ1v) is 16.8. The van der Waals surface area contributed by atoms with Gasteiger partial charge in [-0.15, -0.1) is 46.2 Å². The summed E-state index contributed by atoms with van der Waals surface area (Å²) in [5.74, 6) is 0. The van der Waals surface area contributed by atoms with Crippen molar-refractivity contribution in [2.45, 2.75) is 71.1 Å². The largest absolute Gasteiger partial charge is 0.273 e. The molecule has 0 nitrogen and oxygen atoms in total. The van der Waals surface area contributed by atoms with Crippen LogP contribution in [0.5, 0.6) is 0 Å². The molecule has 5 aromatic rings. The molecule has 0 aromatic heterocycles. The number of rotatable bonds is 2. The number of allylic oxidation sites excluding steroid dienone is 4. The number of halogens is 6. The molecular formula is C41H38F6Zr. The van der Waals surface area contributed by atoms with Gasteiger partial charge in [0.2, 0.25) is 0 Å². The molecule has 0 radical (unpaired) electrons. The molecular weight excluding hydrogens is 698 g/mol. The van der Waals surface area contributed by atoms with Gasteiger partial charge in [0.05, 0.1) is 0 Å². The van der Waals surface area contributed by atoms with Crippen LogP contribution in [0.1, 0.15) is 81.3 Å². The van der Waals surface area contributed by atoms with E-state index in [1.165, 1.54) is 56.9 Å². The molecule has 0 unspecified atom stereocenters. The predicted molar refractivity (Wildman–Crippen MR) is 182 cm³/mol. The first kappa shape index (κ1) is 37.4. The van der Waals surface area contributed by atoms with Gasteiger partial charge in [-0.2, -0.15) is 6.08 Å². The van der Waals surface area contributed by atoms with Gasteiger partial charge in [0.1, 0.15) is 0 Å². The molecule has 7 heteroatoms. The quantitative estimate of drug-likeness (QED) is 0.125. The van der Waals surface area contributed by atoms with Crippen LogP contribution in [0.15, 0.2) is 109 Å². The zero-order chi connectivity index (χ0) is 35.5. The van der Waals surface area contributed by atoms with Crippen LogP contribution in [0.2, 0.25) is 0 Å². The number of benzene rings is 4. The number of hydrogen-bond donors (Lipinski definition) is 0. The van der Waals surface area contributed by atoms with E-state index in [1.807, 2.05) is 12.2 Å². The molecule has 6 rings (SSSR count). The van der Waals surface area contributed by atoms with Crippen molar-refractivity contribution in [2.24, 2.45) is 0 Å². The van der Waals surface area contributed by atoms with E-state index >= 15 is 0 Å². The Labute approximate surface area is 293 Å². The molecule has 48 heavy (non-hydrogen) atoms. The summed E-state index contributed by atoms with van der Waals surface area (Å²) in [5.41, 5.74) is 2.82. The molecule has 0 aliphatic heterocycles. The standard InChI is InChI=1S/C21H25.C15H8F6.C5H5.Zr/c1-20(2,3)16-7-9-18-14(12-16)11-15-13-17(21(4,5)6)8-10-19(15)18;16-14(17,18)12-5-1-10(2-6-12)9-11-3-7-13(8-4-11)15(19,20)21;1-2-4-5-3-1;/h7-13H,1-6H3;1-8H;1-3H,4H2;/q-1;;-1;+2. The molecule has 0 amide bonds. The van der Waals surface area contributed by atoms with Crippen LogP contribution >= 0.6 is 0 Å². The van der Waals surface area contributed by atoms with Gasteiger partial charge in [0.25, 0.3) is 0 Å². The Hall–Kier alpha value is -3.44. The summed E-state index contributed by atoms with van der Waals surface area (Å²) in [5, 5.41) is 5.48. The minimum absolute atomic E-state index is 0.203. The van der Waals surface area contributed by atoms with Crippen molar-refractivity contribution in [3.63, 3.8) is 0 Å². The summed E-state index contributed by atoms with van der Waals surface area (Å²) < 4.78 is 75.6. The molecule has 0 fully saturated rings. The predicted octanol–water partition coefficient (Wildman–Crippen LogP) is 12.5. The van der Waals surface area contributed by atoms with Crippen molar-refractivity contribution in [3.05, 3.63) is 149 Å². The Bertz CT molecular complexity index is 1780. The Morgan fingerprint density at radius 1 is 0.583 bits per heavy atom. The Balaban J connectivity index is 0.000000189. The van der Waals surface area contributed by atoms with E-state index in [2.05, 4.69) is 96.2 Å². The molecule has 1 aliphatic rings. The molecule has 1 aliphatic carbocycles. The summed E-state index contributed by atoms with van der Waals surface area (Å²) >= 11 is 0.898. The van der Waals surface area contributed by atoms with Crippen LogP contribution < -0.4 is 0 Å². The molecule has 248 valence electrons. The summed E-state index contributed by atoms with van der Waals surface area (Å²) in [6.45, 7) is 13.6. The van der Waals surface area contributed by atoms with E-state index in [9.17, 15) is 26.3 Å². The first-order valence-electron chi connectivity index (χ1n) is 15.5. The van der Waals surface area contributed by atoms with Gasteiger partial charge in [-0.25, -0.2) is 12.2 Å². The van der Waals surface area contributed by atoms with Crippen molar-refractivity contribution in [1.29, 1.82) is 0 Å². The second-order valence-electron chi connectivity index (χ2n) is 13.8. The van der Waals surface area contributed by atoms with E-state index < -0.39 is 23.5 Å². The van der Waals surface area contributed by atoms with E-state index in [1.54, 1.807) is 0 Å². The Morgan fingerprint density at radius 2 is 0.958 bits per heavy atom. The Kier molecular flexibility index (Phi) is 11.4.